The van der Waals surface area contributed by atoms with E-state index in [1.165, 1.54) is 18.2 Å². The van der Waals surface area contributed by atoms with Crippen molar-refractivity contribution < 1.29 is 19.1 Å². The second-order valence-electron chi connectivity index (χ2n) is 4.77. The van der Waals surface area contributed by atoms with Crippen molar-refractivity contribution >= 4 is 23.5 Å². The summed E-state index contributed by atoms with van der Waals surface area (Å²) in [7, 11) is 0. The number of amides is 1. The summed E-state index contributed by atoms with van der Waals surface area (Å²) >= 11 is 5.83. The molecule has 19 heavy (non-hydrogen) atoms. The lowest BCUT2D eigenvalue weighted by Crippen LogP contribution is -2.51. The predicted octanol–water partition coefficient (Wildman–Crippen LogP) is 2.58. The number of alkyl halides is 1. The molecule has 0 aliphatic rings. The van der Waals surface area contributed by atoms with Crippen LogP contribution in [0.2, 0.25) is 5.02 Å². The van der Waals surface area contributed by atoms with Crippen LogP contribution in [0.15, 0.2) is 18.2 Å². The number of hydrogen-bond donors (Lipinski definition) is 2. The molecule has 0 spiro atoms. The molecule has 0 aliphatic heterocycles. The highest BCUT2D eigenvalue weighted by Gasteiger charge is 2.36. The Hall–Kier alpha value is -1.62. The normalized spacial score (nSPS) is 12.9. The highest BCUT2D eigenvalue weighted by atomic mass is 35.5. The highest BCUT2D eigenvalue weighted by molar-refractivity contribution is 6.31. The summed E-state index contributed by atoms with van der Waals surface area (Å²) in [4.78, 5) is 22.8. The zero-order chi connectivity index (χ0) is 14.8. The summed E-state index contributed by atoms with van der Waals surface area (Å²) in [5.74, 6) is -2.08. The number of aryl methyl sites for hydroxylation is 1. The van der Waals surface area contributed by atoms with Crippen molar-refractivity contribution in [1.82, 2.24) is 5.32 Å². The number of rotatable bonds is 4. The second kappa shape index (κ2) is 5.57. The number of carbonyl (C=O) groups excluding carboxylic acids is 1. The maximum Gasteiger partial charge on any atom is 0.329 e. The van der Waals surface area contributed by atoms with E-state index in [9.17, 15) is 14.0 Å². The summed E-state index contributed by atoms with van der Waals surface area (Å²) in [6.07, 6.45) is 0. The van der Waals surface area contributed by atoms with Crippen LogP contribution in [0.4, 0.5) is 4.39 Å². The number of hydrogen-bond acceptors (Lipinski definition) is 2. The van der Waals surface area contributed by atoms with E-state index in [1.807, 2.05) is 0 Å². The van der Waals surface area contributed by atoms with Gasteiger partial charge in [0.05, 0.1) is 0 Å². The van der Waals surface area contributed by atoms with Crippen LogP contribution in [0.5, 0.6) is 0 Å². The Morgan fingerprint density at radius 2 is 2.00 bits per heavy atom. The zero-order valence-corrected chi connectivity index (χ0v) is 11.6. The minimum atomic E-state index is -2.07. The lowest BCUT2D eigenvalue weighted by atomic mass is 10.0. The van der Waals surface area contributed by atoms with Gasteiger partial charge < -0.3 is 10.4 Å². The smallest absolute Gasteiger partial charge is 0.329 e. The Bertz CT molecular complexity index is 511. The van der Waals surface area contributed by atoms with Gasteiger partial charge in [-0.05, 0) is 44.5 Å². The summed E-state index contributed by atoms with van der Waals surface area (Å²) < 4.78 is 13.7. The first-order chi connectivity index (χ1) is 8.62. The third-order valence-corrected chi connectivity index (χ3v) is 3.05. The number of halogens is 2. The number of benzene rings is 1. The third-order valence-electron chi connectivity index (χ3n) is 2.63. The van der Waals surface area contributed by atoms with Gasteiger partial charge in [-0.25, -0.2) is 9.18 Å². The van der Waals surface area contributed by atoms with E-state index in [0.29, 0.717) is 10.6 Å². The predicted molar refractivity (Wildman–Crippen MR) is 70.3 cm³/mol. The Morgan fingerprint density at radius 1 is 1.42 bits per heavy atom. The van der Waals surface area contributed by atoms with E-state index in [0.717, 1.165) is 13.8 Å². The average molecular weight is 288 g/mol. The monoisotopic (exact) mass is 287 g/mol. The summed E-state index contributed by atoms with van der Waals surface area (Å²) in [6, 6.07) is 2.88. The Labute approximate surface area is 115 Å². The third kappa shape index (κ3) is 3.92. The fourth-order valence-electron chi connectivity index (χ4n) is 1.53. The first kappa shape index (κ1) is 15.4. The van der Waals surface area contributed by atoms with Crippen LogP contribution in [0.3, 0.4) is 0 Å². The average Bonchev–Trinajstić information content (AvgIpc) is 2.27. The molecule has 1 atom stereocenters. The minimum absolute atomic E-state index is 0.234. The van der Waals surface area contributed by atoms with Gasteiger partial charge in [0.25, 0.3) is 5.91 Å². The van der Waals surface area contributed by atoms with Gasteiger partial charge in [0, 0.05) is 10.6 Å². The van der Waals surface area contributed by atoms with E-state index < -0.39 is 23.6 Å². The van der Waals surface area contributed by atoms with Crippen LogP contribution in [0.1, 0.15) is 29.8 Å². The number of nitrogens with one attached hydrogen (secondary N) is 1. The number of aliphatic carboxylic acids is 1. The number of carbonyl (C=O) groups is 2. The highest BCUT2D eigenvalue weighted by Crippen LogP contribution is 2.18. The molecule has 0 radical (unpaired) electrons. The fourth-order valence-corrected chi connectivity index (χ4v) is 1.64. The molecular formula is C13H15ClFNO3. The summed E-state index contributed by atoms with van der Waals surface area (Å²) in [5, 5.41) is 11.6. The quantitative estimate of drug-likeness (QED) is 0.894. The van der Waals surface area contributed by atoms with Gasteiger partial charge in [-0.15, -0.1) is 0 Å². The largest absolute Gasteiger partial charge is 0.480 e. The van der Waals surface area contributed by atoms with Gasteiger partial charge in [0.2, 0.25) is 0 Å². The van der Waals surface area contributed by atoms with Gasteiger partial charge in [-0.3, -0.25) is 4.79 Å². The first-order valence-corrected chi connectivity index (χ1v) is 5.99. The lowest BCUT2D eigenvalue weighted by Gasteiger charge is -2.24. The van der Waals surface area contributed by atoms with Crippen LogP contribution < -0.4 is 5.32 Å². The van der Waals surface area contributed by atoms with E-state index in [4.69, 9.17) is 16.7 Å². The zero-order valence-electron chi connectivity index (χ0n) is 10.8. The van der Waals surface area contributed by atoms with Crippen LogP contribution >= 0.6 is 11.6 Å². The first-order valence-electron chi connectivity index (χ1n) is 5.61. The van der Waals surface area contributed by atoms with Crippen molar-refractivity contribution in [3.63, 3.8) is 0 Å². The van der Waals surface area contributed by atoms with E-state index in [1.54, 1.807) is 6.92 Å². The molecule has 0 heterocycles. The molecule has 1 rings (SSSR count). The second-order valence-corrected chi connectivity index (χ2v) is 5.18. The maximum atomic E-state index is 13.7. The van der Waals surface area contributed by atoms with Gasteiger partial charge in [-0.2, -0.15) is 0 Å². The molecule has 1 aromatic carbocycles. The molecule has 0 aliphatic carbocycles. The van der Waals surface area contributed by atoms with Crippen LogP contribution in [0.25, 0.3) is 0 Å². The van der Waals surface area contributed by atoms with E-state index in [-0.39, 0.29) is 5.56 Å². The minimum Gasteiger partial charge on any atom is -0.480 e. The molecule has 1 aromatic rings. The molecule has 0 saturated heterocycles. The molecule has 1 unspecified atom stereocenters. The molecular weight excluding hydrogens is 273 g/mol. The van der Waals surface area contributed by atoms with Crippen molar-refractivity contribution in [1.29, 1.82) is 0 Å². The lowest BCUT2D eigenvalue weighted by molar-refractivity contribution is -0.142. The van der Waals surface area contributed by atoms with Crippen molar-refractivity contribution in [2.75, 3.05) is 0 Å². The summed E-state index contributed by atoms with van der Waals surface area (Å²) in [5.41, 5.74) is -1.15. The summed E-state index contributed by atoms with van der Waals surface area (Å²) in [6.45, 7) is 3.91. The van der Waals surface area contributed by atoms with Gasteiger partial charge >= 0.3 is 5.97 Å². The topological polar surface area (TPSA) is 66.4 Å². The van der Waals surface area contributed by atoms with E-state index >= 15 is 0 Å². The molecule has 0 bridgehead atoms. The van der Waals surface area contributed by atoms with Crippen molar-refractivity contribution in [3.05, 3.63) is 34.3 Å². The molecule has 4 nitrogen and oxygen atoms in total. The Kier molecular flexibility index (Phi) is 4.52. The standard InChI is InChI=1S/C13H15ClFNO3/c1-7-6-8(4-5-9(7)14)11(17)16-10(12(18)19)13(2,3)15/h4-6,10H,1-3H3,(H,16,17)(H,18,19). The molecule has 0 fully saturated rings. The fraction of sp³-hybridized carbons (Fsp3) is 0.385. The van der Waals surface area contributed by atoms with Crippen LogP contribution in [-0.2, 0) is 4.79 Å². The van der Waals surface area contributed by atoms with Gasteiger partial charge in [0.1, 0.15) is 5.67 Å². The SMILES string of the molecule is Cc1cc(C(=O)NC(C(=O)O)C(C)(C)F)ccc1Cl. The van der Waals surface area contributed by atoms with Crippen molar-refractivity contribution in [2.24, 2.45) is 0 Å². The molecule has 0 saturated carbocycles. The Morgan fingerprint density at radius 3 is 2.42 bits per heavy atom. The van der Waals surface area contributed by atoms with Gasteiger partial charge in [0.15, 0.2) is 6.04 Å². The Balaban J connectivity index is 2.94. The van der Waals surface area contributed by atoms with Gasteiger partial charge in [-0.1, -0.05) is 11.6 Å². The van der Waals surface area contributed by atoms with Crippen molar-refractivity contribution in [2.45, 2.75) is 32.5 Å². The van der Waals surface area contributed by atoms with Crippen molar-refractivity contribution in [3.8, 4) is 0 Å². The molecule has 1 amide bonds. The van der Waals surface area contributed by atoms with Crippen LogP contribution in [-0.4, -0.2) is 28.7 Å². The van der Waals surface area contributed by atoms with E-state index in [2.05, 4.69) is 5.32 Å². The van der Waals surface area contributed by atoms with Crippen LogP contribution in [0, 0.1) is 6.92 Å². The molecule has 0 aromatic heterocycles. The molecule has 2 N–H and O–H groups in total. The maximum absolute atomic E-state index is 13.7. The number of carboxylic acid groups (broad SMARTS) is 1. The molecule has 6 heteroatoms. The number of carboxylic acids is 1. The molecule has 104 valence electrons.